The molecule has 1 aliphatic rings. The van der Waals surface area contributed by atoms with Crippen LogP contribution in [0.5, 0.6) is 11.5 Å². The second-order valence-electron chi connectivity index (χ2n) is 5.86. The van der Waals surface area contributed by atoms with Gasteiger partial charge in [-0.1, -0.05) is 12.1 Å². The van der Waals surface area contributed by atoms with E-state index in [1.165, 1.54) is 4.88 Å². The maximum atomic E-state index is 10.4. The van der Waals surface area contributed by atoms with Crippen molar-refractivity contribution in [2.24, 2.45) is 0 Å². The van der Waals surface area contributed by atoms with Crippen LogP contribution in [-0.2, 0) is 13.1 Å². The molecule has 4 rings (SSSR count). The van der Waals surface area contributed by atoms with Gasteiger partial charge in [-0.2, -0.15) is 0 Å². The highest BCUT2D eigenvalue weighted by Gasteiger charge is 2.20. The van der Waals surface area contributed by atoms with Crippen LogP contribution in [0.15, 0.2) is 54.2 Å². The third kappa shape index (κ3) is 3.13. The van der Waals surface area contributed by atoms with Crippen LogP contribution >= 0.6 is 11.3 Å². The second kappa shape index (κ2) is 6.63. The summed E-state index contributed by atoms with van der Waals surface area (Å²) in [4.78, 5) is 7.85. The fourth-order valence-corrected chi connectivity index (χ4v) is 3.76. The lowest BCUT2D eigenvalue weighted by Crippen LogP contribution is -2.24. The fourth-order valence-electron chi connectivity index (χ4n) is 3.01. The van der Waals surface area contributed by atoms with Crippen molar-refractivity contribution in [3.8, 4) is 22.6 Å². The molecule has 0 amide bonds. The number of phenolic OH excluding ortho intramolecular Hbond substituents is 1. The molecule has 5 heteroatoms. The molecule has 1 aliphatic heterocycles. The van der Waals surface area contributed by atoms with Gasteiger partial charge in [-0.3, -0.25) is 9.88 Å². The molecule has 3 heterocycles. The number of phenols is 1. The summed E-state index contributed by atoms with van der Waals surface area (Å²) in [7, 11) is 0. The summed E-state index contributed by atoms with van der Waals surface area (Å²) < 4.78 is 5.82. The van der Waals surface area contributed by atoms with Gasteiger partial charge < -0.3 is 9.84 Å². The van der Waals surface area contributed by atoms with E-state index in [4.69, 9.17) is 4.74 Å². The summed E-state index contributed by atoms with van der Waals surface area (Å²) >= 11 is 1.77. The first-order valence-electron chi connectivity index (χ1n) is 7.93. The maximum absolute atomic E-state index is 10.4. The lowest BCUT2D eigenvalue weighted by molar-refractivity contribution is 0.218. The molecule has 0 fully saturated rings. The lowest BCUT2D eigenvalue weighted by Gasteiger charge is -2.18. The van der Waals surface area contributed by atoms with Crippen LogP contribution in [0.3, 0.4) is 0 Å². The Morgan fingerprint density at radius 2 is 2.17 bits per heavy atom. The first kappa shape index (κ1) is 15.2. The van der Waals surface area contributed by atoms with E-state index >= 15 is 0 Å². The first-order chi connectivity index (χ1) is 11.8. The molecule has 0 bridgehead atoms. The minimum Gasteiger partial charge on any atom is -0.504 e. The van der Waals surface area contributed by atoms with Crippen molar-refractivity contribution in [3.05, 3.63) is 64.6 Å². The zero-order valence-electron chi connectivity index (χ0n) is 13.2. The Hall–Kier alpha value is -2.37. The van der Waals surface area contributed by atoms with E-state index in [9.17, 15) is 5.11 Å². The number of thiophene rings is 1. The molecule has 0 unspecified atom stereocenters. The number of fused-ring (bicyclic) bond motifs is 1. The molecule has 4 nitrogen and oxygen atoms in total. The third-order valence-electron chi connectivity index (χ3n) is 4.15. The van der Waals surface area contributed by atoms with E-state index < -0.39 is 0 Å². The predicted octanol–water partition coefficient (Wildman–Crippen LogP) is 3.91. The second-order valence-corrected chi connectivity index (χ2v) is 6.90. The van der Waals surface area contributed by atoms with Crippen LogP contribution < -0.4 is 4.74 Å². The Morgan fingerprint density at radius 3 is 2.96 bits per heavy atom. The van der Waals surface area contributed by atoms with Crippen molar-refractivity contribution in [2.45, 2.75) is 13.1 Å². The Bertz CT molecular complexity index is 819. The van der Waals surface area contributed by atoms with Crippen molar-refractivity contribution in [3.63, 3.8) is 0 Å². The molecule has 0 aliphatic carbocycles. The molecule has 0 saturated heterocycles. The highest BCUT2D eigenvalue weighted by molar-refractivity contribution is 7.09. The molecule has 122 valence electrons. The molecule has 2 aromatic heterocycles. The zero-order valence-corrected chi connectivity index (χ0v) is 14.0. The number of hydrogen-bond acceptors (Lipinski definition) is 5. The van der Waals surface area contributed by atoms with Gasteiger partial charge in [0.05, 0.1) is 0 Å². The summed E-state index contributed by atoms with van der Waals surface area (Å²) in [6, 6.07) is 12.0. The Morgan fingerprint density at radius 1 is 1.21 bits per heavy atom. The molecular weight excluding hydrogens is 320 g/mol. The summed E-state index contributed by atoms with van der Waals surface area (Å²) in [6.45, 7) is 3.08. The summed E-state index contributed by atoms with van der Waals surface area (Å²) in [5, 5.41) is 12.5. The number of nitrogens with zero attached hydrogens (tertiary/aromatic N) is 2. The Balaban J connectivity index is 1.66. The molecule has 1 aromatic carbocycles. The monoisotopic (exact) mass is 338 g/mol. The fraction of sp³-hybridized carbons (Fsp3) is 0.211. The SMILES string of the molecule is Oc1cc(-c2cccnc2)cc2c1OCCN(Cc1cccs1)C2. The number of rotatable bonds is 3. The minimum absolute atomic E-state index is 0.198. The van der Waals surface area contributed by atoms with Gasteiger partial charge in [0.25, 0.3) is 0 Å². The largest absolute Gasteiger partial charge is 0.504 e. The minimum atomic E-state index is 0.198. The average molecular weight is 338 g/mol. The number of pyridine rings is 1. The maximum Gasteiger partial charge on any atom is 0.165 e. The highest BCUT2D eigenvalue weighted by atomic mass is 32.1. The predicted molar refractivity (Wildman–Crippen MR) is 95.3 cm³/mol. The van der Waals surface area contributed by atoms with E-state index in [0.717, 1.165) is 36.3 Å². The van der Waals surface area contributed by atoms with Crippen molar-refractivity contribution in [1.82, 2.24) is 9.88 Å². The van der Waals surface area contributed by atoms with Gasteiger partial charge in [0.1, 0.15) is 6.61 Å². The highest BCUT2D eigenvalue weighted by Crippen LogP contribution is 2.37. The molecular formula is C19H18N2O2S. The number of benzene rings is 1. The molecule has 0 spiro atoms. The van der Waals surface area contributed by atoms with Crippen LogP contribution in [0.4, 0.5) is 0 Å². The lowest BCUT2D eigenvalue weighted by atomic mass is 10.0. The molecule has 3 aromatic rings. The van der Waals surface area contributed by atoms with Crippen LogP contribution in [0.2, 0.25) is 0 Å². The van der Waals surface area contributed by atoms with E-state index in [1.54, 1.807) is 23.6 Å². The van der Waals surface area contributed by atoms with Crippen molar-refractivity contribution in [2.75, 3.05) is 13.2 Å². The Kier molecular flexibility index (Phi) is 4.19. The van der Waals surface area contributed by atoms with Gasteiger partial charge in [0, 0.05) is 48.0 Å². The van der Waals surface area contributed by atoms with Crippen molar-refractivity contribution < 1.29 is 9.84 Å². The van der Waals surface area contributed by atoms with Gasteiger partial charge >= 0.3 is 0 Å². The van der Waals surface area contributed by atoms with E-state index in [-0.39, 0.29) is 5.75 Å². The van der Waals surface area contributed by atoms with Gasteiger partial charge in [-0.05, 0) is 35.2 Å². The molecule has 0 radical (unpaired) electrons. The summed E-state index contributed by atoms with van der Waals surface area (Å²) in [5.41, 5.74) is 2.97. The van der Waals surface area contributed by atoms with E-state index in [0.29, 0.717) is 12.4 Å². The molecule has 0 saturated carbocycles. The van der Waals surface area contributed by atoms with Crippen LogP contribution in [0.25, 0.3) is 11.1 Å². The summed E-state index contributed by atoms with van der Waals surface area (Å²) in [5.74, 6) is 0.806. The first-order valence-corrected chi connectivity index (χ1v) is 8.81. The standard InChI is InChI=1S/C19H18N2O2S/c22-18-10-15(14-3-1-5-20-11-14)9-16-12-21(6-7-23-19(16)18)13-17-4-2-8-24-17/h1-5,8-11,22H,6-7,12-13H2. The van der Waals surface area contributed by atoms with Crippen molar-refractivity contribution >= 4 is 11.3 Å². The zero-order chi connectivity index (χ0) is 16.4. The van der Waals surface area contributed by atoms with Crippen LogP contribution in [0.1, 0.15) is 10.4 Å². The van der Waals surface area contributed by atoms with Gasteiger partial charge in [-0.15, -0.1) is 11.3 Å². The molecule has 1 N–H and O–H groups in total. The number of aromatic nitrogens is 1. The normalized spacial score (nSPS) is 14.7. The number of hydrogen-bond donors (Lipinski definition) is 1. The third-order valence-corrected chi connectivity index (χ3v) is 5.01. The van der Waals surface area contributed by atoms with E-state index in [1.807, 2.05) is 18.3 Å². The van der Waals surface area contributed by atoms with Crippen LogP contribution in [0, 0.1) is 0 Å². The topological polar surface area (TPSA) is 45.6 Å². The Labute approximate surface area is 145 Å². The number of ether oxygens (including phenoxy) is 1. The molecule has 24 heavy (non-hydrogen) atoms. The quantitative estimate of drug-likeness (QED) is 0.786. The smallest absolute Gasteiger partial charge is 0.165 e. The van der Waals surface area contributed by atoms with Crippen molar-refractivity contribution in [1.29, 1.82) is 0 Å². The van der Waals surface area contributed by atoms with Gasteiger partial charge in [0.15, 0.2) is 11.5 Å². The molecule has 0 atom stereocenters. The number of aromatic hydroxyl groups is 1. The van der Waals surface area contributed by atoms with Gasteiger partial charge in [-0.25, -0.2) is 0 Å². The van der Waals surface area contributed by atoms with Gasteiger partial charge in [0.2, 0.25) is 0 Å². The average Bonchev–Trinajstić information content (AvgIpc) is 3.01. The summed E-state index contributed by atoms with van der Waals surface area (Å²) in [6.07, 6.45) is 3.56. The van der Waals surface area contributed by atoms with Crippen LogP contribution in [-0.4, -0.2) is 28.1 Å². The van der Waals surface area contributed by atoms with E-state index in [2.05, 4.69) is 33.5 Å².